The van der Waals surface area contributed by atoms with Gasteiger partial charge in [0.05, 0.1) is 28.4 Å². The molecule has 24 heavy (non-hydrogen) atoms. The minimum absolute atomic E-state index is 0.0691. The van der Waals surface area contributed by atoms with Crippen molar-refractivity contribution in [1.82, 2.24) is 4.72 Å². The summed E-state index contributed by atoms with van der Waals surface area (Å²) in [6, 6.07) is 8.19. The molecule has 0 aliphatic rings. The van der Waals surface area contributed by atoms with Gasteiger partial charge in [0, 0.05) is 0 Å². The number of benzene rings is 1. The molecule has 138 valence electrons. The zero-order chi connectivity index (χ0) is 18.8. The molecule has 3 nitrogen and oxygen atoms in total. The lowest BCUT2D eigenvalue weighted by Crippen LogP contribution is -2.44. The Kier molecular flexibility index (Phi) is 7.01. The molecule has 1 aromatic rings. The summed E-state index contributed by atoms with van der Waals surface area (Å²) in [6.45, 7) is 19.8. The van der Waals surface area contributed by atoms with E-state index in [0.29, 0.717) is 6.61 Å². The standard InChI is InChI=1S/C19H35NO2SSi/c1-15-12-10-11-13-16(15)17(20-23(21)18(2,3)4)14-22-24(8,9)19(5,6)7/h10-13,17,20H,14H2,1-9H3/t17-,23-/m1/s1. The molecule has 2 atom stereocenters. The maximum absolute atomic E-state index is 12.6. The highest BCUT2D eigenvalue weighted by atomic mass is 32.2. The molecule has 5 heteroatoms. The van der Waals surface area contributed by atoms with Crippen LogP contribution in [0.5, 0.6) is 0 Å². The molecule has 0 aliphatic carbocycles. The van der Waals surface area contributed by atoms with Gasteiger partial charge in [-0.3, -0.25) is 0 Å². The van der Waals surface area contributed by atoms with Crippen LogP contribution in [0.4, 0.5) is 0 Å². The Hall–Kier alpha value is -0.493. The van der Waals surface area contributed by atoms with Crippen molar-refractivity contribution in [3.63, 3.8) is 0 Å². The number of hydrogen-bond acceptors (Lipinski definition) is 2. The van der Waals surface area contributed by atoms with E-state index >= 15 is 0 Å². The monoisotopic (exact) mass is 369 g/mol. The molecule has 0 unspecified atom stereocenters. The summed E-state index contributed by atoms with van der Waals surface area (Å²) in [6.07, 6.45) is 0. The van der Waals surface area contributed by atoms with Gasteiger partial charge in [-0.15, -0.1) is 0 Å². The fraction of sp³-hybridized carbons (Fsp3) is 0.684. The van der Waals surface area contributed by atoms with E-state index in [2.05, 4.69) is 57.6 Å². The number of nitrogens with one attached hydrogen (secondary N) is 1. The zero-order valence-corrected chi connectivity index (χ0v) is 18.6. The van der Waals surface area contributed by atoms with Crippen molar-refractivity contribution in [2.45, 2.75) is 77.4 Å². The van der Waals surface area contributed by atoms with E-state index in [0.717, 1.165) is 5.56 Å². The van der Waals surface area contributed by atoms with Gasteiger partial charge < -0.3 is 4.43 Å². The van der Waals surface area contributed by atoms with Crippen molar-refractivity contribution >= 4 is 19.3 Å². The lowest BCUT2D eigenvalue weighted by Gasteiger charge is -2.37. The molecule has 1 rings (SSSR count). The summed E-state index contributed by atoms with van der Waals surface area (Å²) < 4.78 is 22.1. The molecule has 1 aromatic carbocycles. The first-order chi connectivity index (χ1) is 10.8. The summed E-state index contributed by atoms with van der Waals surface area (Å²) in [5, 5.41) is 0.159. The van der Waals surface area contributed by atoms with E-state index in [4.69, 9.17) is 4.43 Å². The molecule has 0 spiro atoms. The Morgan fingerprint density at radius 3 is 2.12 bits per heavy atom. The predicted octanol–water partition coefficient (Wildman–Crippen LogP) is 5.11. The normalized spacial score (nSPS) is 16.0. The fourth-order valence-corrected chi connectivity index (χ4v) is 3.80. The van der Waals surface area contributed by atoms with E-state index in [1.165, 1.54) is 5.56 Å². The van der Waals surface area contributed by atoms with Crippen LogP contribution in [0.3, 0.4) is 0 Å². The van der Waals surface area contributed by atoms with Gasteiger partial charge in [-0.2, -0.15) is 0 Å². The molecule has 0 aromatic heterocycles. The van der Waals surface area contributed by atoms with Crippen molar-refractivity contribution in [3.05, 3.63) is 35.4 Å². The summed E-state index contributed by atoms with van der Waals surface area (Å²) in [4.78, 5) is 0. The van der Waals surface area contributed by atoms with Gasteiger partial charge in [-0.05, 0) is 57.0 Å². The molecule has 0 aliphatic heterocycles. The Morgan fingerprint density at radius 1 is 1.12 bits per heavy atom. The summed E-state index contributed by atoms with van der Waals surface area (Å²) in [5.74, 6) is 0. The maximum Gasteiger partial charge on any atom is 0.192 e. The van der Waals surface area contributed by atoms with Crippen LogP contribution in [0.1, 0.15) is 58.7 Å². The number of rotatable bonds is 6. The molecule has 1 N–H and O–H groups in total. The van der Waals surface area contributed by atoms with Gasteiger partial charge in [0.2, 0.25) is 0 Å². The van der Waals surface area contributed by atoms with Crippen molar-refractivity contribution in [2.24, 2.45) is 0 Å². The zero-order valence-electron chi connectivity index (χ0n) is 16.8. The van der Waals surface area contributed by atoms with Crippen LogP contribution in [-0.4, -0.2) is 23.9 Å². The smallest absolute Gasteiger partial charge is 0.192 e. The molecule has 0 saturated carbocycles. The van der Waals surface area contributed by atoms with Crippen molar-refractivity contribution in [1.29, 1.82) is 0 Å². The second kappa shape index (κ2) is 7.81. The first-order valence-corrected chi connectivity index (χ1v) is 12.7. The van der Waals surface area contributed by atoms with Gasteiger partial charge in [0.15, 0.2) is 8.32 Å². The van der Waals surface area contributed by atoms with E-state index < -0.39 is 19.3 Å². The molecule has 0 amide bonds. The van der Waals surface area contributed by atoms with Gasteiger partial charge in [0.25, 0.3) is 0 Å². The predicted molar refractivity (Wildman–Crippen MR) is 108 cm³/mol. The minimum atomic E-state index is -1.85. The molecule has 0 heterocycles. The van der Waals surface area contributed by atoms with Gasteiger partial charge in [-0.25, -0.2) is 8.93 Å². The van der Waals surface area contributed by atoms with Crippen LogP contribution in [0.25, 0.3) is 0 Å². The molecule has 0 fully saturated rings. The van der Waals surface area contributed by atoms with E-state index in [1.807, 2.05) is 32.9 Å². The first kappa shape index (κ1) is 21.5. The Morgan fingerprint density at radius 2 is 1.67 bits per heavy atom. The third-order valence-corrected chi connectivity index (χ3v) is 10.9. The van der Waals surface area contributed by atoms with Gasteiger partial charge in [0.1, 0.15) is 0 Å². The highest BCUT2D eigenvalue weighted by molar-refractivity contribution is 7.84. The highest BCUT2D eigenvalue weighted by Gasteiger charge is 2.38. The topological polar surface area (TPSA) is 38.3 Å². The first-order valence-electron chi connectivity index (χ1n) is 8.63. The molecule has 0 radical (unpaired) electrons. The molecule has 0 bridgehead atoms. The van der Waals surface area contributed by atoms with Crippen LogP contribution in [0, 0.1) is 6.92 Å². The fourth-order valence-electron chi connectivity index (χ4n) is 1.98. The number of aryl methyl sites for hydroxylation is 1. The van der Waals surface area contributed by atoms with Gasteiger partial charge in [-0.1, -0.05) is 45.0 Å². The summed E-state index contributed by atoms with van der Waals surface area (Å²) in [5.41, 5.74) is 2.36. The SMILES string of the molecule is Cc1ccccc1[C@@H](CO[Si](C)(C)C(C)(C)C)N[S@](=O)C(C)(C)C. The Balaban J connectivity index is 3.03. The molecular formula is C19H35NO2SSi. The van der Waals surface area contributed by atoms with Crippen molar-refractivity contribution < 1.29 is 8.63 Å². The average Bonchev–Trinajstić information content (AvgIpc) is 2.41. The van der Waals surface area contributed by atoms with Crippen molar-refractivity contribution in [3.8, 4) is 0 Å². The molecular weight excluding hydrogens is 334 g/mol. The molecule has 0 saturated heterocycles. The van der Waals surface area contributed by atoms with Crippen LogP contribution in [-0.2, 0) is 15.4 Å². The van der Waals surface area contributed by atoms with Gasteiger partial charge >= 0.3 is 0 Å². The minimum Gasteiger partial charge on any atom is -0.415 e. The van der Waals surface area contributed by atoms with Crippen molar-refractivity contribution in [2.75, 3.05) is 6.61 Å². The van der Waals surface area contributed by atoms with E-state index in [9.17, 15) is 4.21 Å². The van der Waals surface area contributed by atoms with Crippen LogP contribution in [0.15, 0.2) is 24.3 Å². The Labute approximate surface area is 152 Å². The lowest BCUT2D eigenvalue weighted by molar-refractivity contribution is 0.257. The second-order valence-electron chi connectivity index (χ2n) is 8.98. The summed E-state index contributed by atoms with van der Waals surface area (Å²) in [7, 11) is -2.99. The lowest BCUT2D eigenvalue weighted by atomic mass is 10.0. The van der Waals surface area contributed by atoms with Crippen LogP contribution >= 0.6 is 0 Å². The van der Waals surface area contributed by atoms with E-state index in [-0.39, 0.29) is 15.8 Å². The number of hydrogen-bond donors (Lipinski definition) is 1. The third-order valence-electron chi connectivity index (χ3n) is 4.79. The maximum atomic E-state index is 12.6. The quantitative estimate of drug-likeness (QED) is 0.708. The second-order valence-corrected chi connectivity index (χ2v) is 15.8. The largest absolute Gasteiger partial charge is 0.415 e. The Bertz CT molecular complexity index is 573. The van der Waals surface area contributed by atoms with Crippen LogP contribution < -0.4 is 4.72 Å². The average molecular weight is 370 g/mol. The van der Waals surface area contributed by atoms with Crippen LogP contribution in [0.2, 0.25) is 18.1 Å². The summed E-state index contributed by atoms with van der Waals surface area (Å²) >= 11 is 0. The highest BCUT2D eigenvalue weighted by Crippen LogP contribution is 2.37. The van der Waals surface area contributed by atoms with E-state index in [1.54, 1.807) is 0 Å². The third kappa shape index (κ3) is 5.79.